The lowest BCUT2D eigenvalue weighted by atomic mass is 9.81. The van der Waals surface area contributed by atoms with Gasteiger partial charge in [0, 0.05) is 18.0 Å². The molecule has 5 atom stereocenters. The fourth-order valence-electron chi connectivity index (χ4n) is 2.52. The molecule has 3 heteroatoms. The van der Waals surface area contributed by atoms with E-state index < -0.39 is 0 Å². The average molecular weight is 243 g/mol. The first-order valence-corrected chi connectivity index (χ1v) is 6.94. The second-order valence-corrected chi connectivity index (χ2v) is 5.99. The van der Waals surface area contributed by atoms with Gasteiger partial charge in [-0.05, 0) is 40.0 Å². The quantitative estimate of drug-likeness (QED) is 0.778. The van der Waals surface area contributed by atoms with E-state index in [1.165, 1.54) is 0 Å². The summed E-state index contributed by atoms with van der Waals surface area (Å²) in [6.07, 6.45) is 3.56. The molecule has 3 nitrogen and oxygen atoms in total. The molecule has 0 radical (unpaired) electrons. The molecule has 0 spiro atoms. The van der Waals surface area contributed by atoms with Gasteiger partial charge < -0.3 is 15.2 Å². The van der Waals surface area contributed by atoms with Crippen molar-refractivity contribution in [2.45, 2.75) is 78.2 Å². The van der Waals surface area contributed by atoms with E-state index in [-0.39, 0.29) is 11.5 Å². The van der Waals surface area contributed by atoms with Crippen molar-refractivity contribution < 1.29 is 9.84 Å². The SMILES string of the molecule is CC[C@](C)(CNC1C[C@@H](C)O[C@@H](C)C1)[C@@H](C)O. The molecule has 0 aliphatic carbocycles. The summed E-state index contributed by atoms with van der Waals surface area (Å²) in [5, 5.41) is 13.5. The highest BCUT2D eigenvalue weighted by atomic mass is 16.5. The molecule has 0 saturated carbocycles. The Morgan fingerprint density at radius 3 is 2.29 bits per heavy atom. The van der Waals surface area contributed by atoms with Gasteiger partial charge in [-0.1, -0.05) is 13.8 Å². The molecule has 1 rings (SSSR count). The third-order valence-corrected chi connectivity index (χ3v) is 4.31. The Morgan fingerprint density at radius 1 is 1.35 bits per heavy atom. The average Bonchev–Trinajstić information content (AvgIpc) is 2.24. The highest BCUT2D eigenvalue weighted by Crippen LogP contribution is 2.26. The summed E-state index contributed by atoms with van der Waals surface area (Å²) >= 11 is 0. The Hall–Kier alpha value is -0.120. The van der Waals surface area contributed by atoms with Crippen molar-refractivity contribution >= 4 is 0 Å². The number of aliphatic hydroxyl groups is 1. The monoisotopic (exact) mass is 243 g/mol. The van der Waals surface area contributed by atoms with Gasteiger partial charge in [-0.3, -0.25) is 0 Å². The van der Waals surface area contributed by atoms with Crippen LogP contribution in [0, 0.1) is 5.41 Å². The van der Waals surface area contributed by atoms with E-state index in [1.807, 2.05) is 6.92 Å². The van der Waals surface area contributed by atoms with Crippen molar-refractivity contribution in [1.82, 2.24) is 5.32 Å². The predicted octanol–water partition coefficient (Wildman–Crippen LogP) is 2.33. The summed E-state index contributed by atoms with van der Waals surface area (Å²) in [5.74, 6) is 0. The molecule has 0 amide bonds. The first-order chi connectivity index (χ1) is 7.87. The summed E-state index contributed by atoms with van der Waals surface area (Å²) in [6, 6.07) is 0.526. The van der Waals surface area contributed by atoms with Crippen LogP contribution in [0.4, 0.5) is 0 Å². The lowest BCUT2D eigenvalue weighted by Crippen LogP contribution is -2.47. The number of hydrogen-bond acceptors (Lipinski definition) is 3. The van der Waals surface area contributed by atoms with Crippen LogP contribution in [0.15, 0.2) is 0 Å². The van der Waals surface area contributed by atoms with Crippen molar-refractivity contribution in [2.75, 3.05) is 6.54 Å². The fraction of sp³-hybridized carbons (Fsp3) is 1.00. The molecule has 102 valence electrons. The van der Waals surface area contributed by atoms with Crippen molar-refractivity contribution in [3.8, 4) is 0 Å². The van der Waals surface area contributed by atoms with Gasteiger partial charge in [-0.15, -0.1) is 0 Å². The molecule has 1 saturated heterocycles. The maximum atomic E-state index is 9.84. The van der Waals surface area contributed by atoms with Crippen LogP contribution in [0.25, 0.3) is 0 Å². The van der Waals surface area contributed by atoms with Crippen LogP contribution >= 0.6 is 0 Å². The number of hydrogen-bond donors (Lipinski definition) is 2. The molecule has 0 aromatic rings. The molecular formula is C14H29NO2. The number of aliphatic hydroxyl groups excluding tert-OH is 1. The predicted molar refractivity (Wildman–Crippen MR) is 71.1 cm³/mol. The van der Waals surface area contributed by atoms with Gasteiger partial charge in [-0.25, -0.2) is 0 Å². The van der Waals surface area contributed by atoms with Gasteiger partial charge in [0.15, 0.2) is 0 Å². The van der Waals surface area contributed by atoms with Gasteiger partial charge in [0.2, 0.25) is 0 Å². The maximum absolute atomic E-state index is 9.84. The minimum atomic E-state index is -0.269. The number of ether oxygens (including phenoxy) is 1. The second kappa shape index (κ2) is 6.17. The lowest BCUT2D eigenvalue weighted by molar-refractivity contribution is -0.0453. The van der Waals surface area contributed by atoms with E-state index in [9.17, 15) is 5.11 Å². The summed E-state index contributed by atoms with van der Waals surface area (Å²) < 4.78 is 5.73. The largest absolute Gasteiger partial charge is 0.393 e. The van der Waals surface area contributed by atoms with E-state index in [4.69, 9.17) is 4.74 Å². The van der Waals surface area contributed by atoms with Gasteiger partial charge in [-0.2, -0.15) is 0 Å². The third kappa shape index (κ3) is 4.23. The Labute approximate surface area is 106 Å². The van der Waals surface area contributed by atoms with Gasteiger partial charge in [0.05, 0.1) is 18.3 Å². The molecule has 1 aliphatic rings. The van der Waals surface area contributed by atoms with Crippen LogP contribution in [-0.4, -0.2) is 36.0 Å². The first kappa shape index (κ1) is 14.9. The molecule has 1 unspecified atom stereocenters. The van der Waals surface area contributed by atoms with E-state index in [0.29, 0.717) is 18.2 Å². The normalized spacial score (nSPS) is 35.3. The Bertz CT molecular complexity index is 222. The van der Waals surface area contributed by atoms with Crippen molar-refractivity contribution in [3.63, 3.8) is 0 Å². The molecule has 0 aromatic heterocycles. The lowest BCUT2D eigenvalue weighted by Gasteiger charge is -2.37. The van der Waals surface area contributed by atoms with Crippen LogP contribution in [0.3, 0.4) is 0 Å². The van der Waals surface area contributed by atoms with E-state index in [0.717, 1.165) is 25.8 Å². The van der Waals surface area contributed by atoms with Crippen LogP contribution < -0.4 is 5.32 Å². The zero-order valence-electron chi connectivity index (χ0n) is 12.0. The highest BCUT2D eigenvalue weighted by Gasteiger charge is 2.30. The molecule has 0 aromatic carbocycles. The zero-order valence-corrected chi connectivity index (χ0v) is 12.0. The van der Waals surface area contributed by atoms with Gasteiger partial charge >= 0.3 is 0 Å². The van der Waals surface area contributed by atoms with Crippen molar-refractivity contribution in [2.24, 2.45) is 5.41 Å². The van der Waals surface area contributed by atoms with Crippen LogP contribution in [0.1, 0.15) is 53.9 Å². The maximum Gasteiger partial charge on any atom is 0.0577 e. The molecule has 1 heterocycles. The fourth-order valence-corrected chi connectivity index (χ4v) is 2.52. The molecule has 1 aliphatic heterocycles. The molecule has 17 heavy (non-hydrogen) atoms. The van der Waals surface area contributed by atoms with Gasteiger partial charge in [0.25, 0.3) is 0 Å². The minimum absolute atomic E-state index is 0.0230. The number of nitrogens with one attached hydrogen (secondary N) is 1. The third-order valence-electron chi connectivity index (χ3n) is 4.31. The Balaban J connectivity index is 2.44. The highest BCUT2D eigenvalue weighted by molar-refractivity contribution is 4.85. The van der Waals surface area contributed by atoms with E-state index in [1.54, 1.807) is 0 Å². The van der Waals surface area contributed by atoms with Gasteiger partial charge in [0.1, 0.15) is 0 Å². The number of rotatable bonds is 5. The van der Waals surface area contributed by atoms with Crippen molar-refractivity contribution in [1.29, 1.82) is 0 Å². The zero-order chi connectivity index (χ0) is 13.1. The summed E-state index contributed by atoms with van der Waals surface area (Å²) in [6.45, 7) is 11.3. The standard InChI is InChI=1S/C14H29NO2/c1-6-14(5,12(4)16)9-15-13-7-10(2)17-11(3)8-13/h10-13,15-16H,6-9H2,1-5H3/t10-,11+,12-,13?,14-/m1/s1. The van der Waals surface area contributed by atoms with Crippen LogP contribution in [0.5, 0.6) is 0 Å². The first-order valence-electron chi connectivity index (χ1n) is 6.94. The topological polar surface area (TPSA) is 41.5 Å². The minimum Gasteiger partial charge on any atom is -0.393 e. The molecular weight excluding hydrogens is 214 g/mol. The summed E-state index contributed by atoms with van der Waals surface area (Å²) in [7, 11) is 0. The molecule has 0 bridgehead atoms. The van der Waals surface area contributed by atoms with E-state index >= 15 is 0 Å². The van der Waals surface area contributed by atoms with E-state index in [2.05, 4.69) is 33.0 Å². The van der Waals surface area contributed by atoms with Crippen LogP contribution in [0.2, 0.25) is 0 Å². The smallest absolute Gasteiger partial charge is 0.0577 e. The van der Waals surface area contributed by atoms with Crippen LogP contribution in [-0.2, 0) is 4.74 Å². The summed E-state index contributed by atoms with van der Waals surface area (Å²) in [4.78, 5) is 0. The summed E-state index contributed by atoms with van der Waals surface area (Å²) in [5.41, 5.74) is -0.0230. The van der Waals surface area contributed by atoms with Crippen molar-refractivity contribution in [3.05, 3.63) is 0 Å². The molecule has 2 N–H and O–H groups in total. The Morgan fingerprint density at radius 2 is 1.88 bits per heavy atom. The second-order valence-electron chi connectivity index (χ2n) is 5.99. The Kier molecular flexibility index (Phi) is 5.42. The molecule has 1 fully saturated rings.